The quantitative estimate of drug-likeness (QED) is 0.572. The normalized spacial score (nSPS) is 16.0. The smallest absolute Gasteiger partial charge is 0.243 e. The number of ether oxygens (including phenoxy) is 1. The van der Waals surface area contributed by atoms with Gasteiger partial charge in [0.1, 0.15) is 5.75 Å². The van der Waals surface area contributed by atoms with Crippen LogP contribution in [0.4, 0.5) is 5.69 Å². The first-order chi connectivity index (χ1) is 13.5. The molecule has 1 aliphatic heterocycles. The second kappa shape index (κ2) is 9.07. The monoisotopic (exact) mass is 402 g/mol. The van der Waals surface area contributed by atoms with E-state index in [1.807, 2.05) is 30.3 Å². The summed E-state index contributed by atoms with van der Waals surface area (Å²) in [6.07, 6.45) is 2.88. The summed E-state index contributed by atoms with van der Waals surface area (Å²) < 4.78 is 32.7. The lowest BCUT2D eigenvalue weighted by atomic mass is 10.2. The van der Waals surface area contributed by atoms with Gasteiger partial charge in [-0.1, -0.05) is 24.6 Å². The molecule has 0 saturated carbocycles. The Morgan fingerprint density at radius 2 is 1.79 bits per heavy atom. The van der Waals surface area contributed by atoms with Gasteiger partial charge in [0, 0.05) is 18.8 Å². The van der Waals surface area contributed by atoms with E-state index < -0.39 is 10.0 Å². The van der Waals surface area contributed by atoms with Crippen molar-refractivity contribution in [3.05, 3.63) is 54.1 Å². The molecular weight excluding hydrogens is 376 g/mol. The maximum absolute atomic E-state index is 13.0. The lowest BCUT2D eigenvalue weighted by Gasteiger charge is -2.26. The Bertz CT molecular complexity index is 921. The molecule has 7 nitrogen and oxygen atoms in total. The van der Waals surface area contributed by atoms with Gasteiger partial charge in [-0.2, -0.15) is 4.31 Å². The van der Waals surface area contributed by atoms with E-state index in [4.69, 9.17) is 10.5 Å². The molecule has 3 rings (SSSR count). The lowest BCUT2D eigenvalue weighted by molar-refractivity contribution is 0.346. The van der Waals surface area contributed by atoms with E-state index in [0.717, 1.165) is 30.7 Å². The highest BCUT2D eigenvalue weighted by molar-refractivity contribution is 7.89. The largest absolute Gasteiger partial charge is 0.497 e. The molecule has 1 aliphatic rings. The fraction of sp³-hybridized carbons (Fsp3) is 0.350. The summed E-state index contributed by atoms with van der Waals surface area (Å²) in [7, 11) is -1.91. The number of benzene rings is 2. The molecule has 0 atom stereocenters. The van der Waals surface area contributed by atoms with Crippen LogP contribution in [0.3, 0.4) is 0 Å². The van der Waals surface area contributed by atoms with Gasteiger partial charge in [0.15, 0.2) is 5.96 Å². The van der Waals surface area contributed by atoms with E-state index in [2.05, 4.69) is 10.3 Å². The van der Waals surface area contributed by atoms with Crippen LogP contribution in [-0.4, -0.2) is 38.9 Å². The van der Waals surface area contributed by atoms with Gasteiger partial charge in [0.25, 0.3) is 0 Å². The van der Waals surface area contributed by atoms with Crippen LogP contribution in [0, 0.1) is 0 Å². The Morgan fingerprint density at radius 3 is 2.46 bits per heavy atom. The van der Waals surface area contributed by atoms with Gasteiger partial charge in [0.05, 0.1) is 18.6 Å². The molecule has 0 amide bonds. The molecule has 0 radical (unpaired) electrons. The molecule has 2 aromatic rings. The van der Waals surface area contributed by atoms with E-state index in [-0.39, 0.29) is 12.5 Å². The minimum Gasteiger partial charge on any atom is -0.497 e. The third-order valence-electron chi connectivity index (χ3n) is 4.69. The molecule has 2 aromatic carbocycles. The molecule has 0 spiro atoms. The van der Waals surface area contributed by atoms with Crippen LogP contribution in [0.5, 0.6) is 5.75 Å². The Kier molecular flexibility index (Phi) is 6.53. The molecule has 3 N–H and O–H groups in total. The molecule has 0 aromatic heterocycles. The van der Waals surface area contributed by atoms with Gasteiger partial charge in [-0.3, -0.25) is 0 Å². The van der Waals surface area contributed by atoms with Crippen molar-refractivity contribution in [2.45, 2.75) is 30.7 Å². The molecule has 8 heteroatoms. The number of hydrogen-bond acceptors (Lipinski definition) is 4. The number of nitrogens with one attached hydrogen (secondary N) is 1. The Morgan fingerprint density at radius 1 is 1.11 bits per heavy atom. The van der Waals surface area contributed by atoms with Crippen molar-refractivity contribution in [2.75, 3.05) is 25.5 Å². The van der Waals surface area contributed by atoms with Crippen LogP contribution in [0.1, 0.15) is 24.8 Å². The van der Waals surface area contributed by atoms with Crippen molar-refractivity contribution in [1.29, 1.82) is 0 Å². The number of hydrogen-bond donors (Lipinski definition) is 2. The molecule has 0 unspecified atom stereocenters. The third kappa shape index (κ3) is 4.82. The fourth-order valence-corrected chi connectivity index (χ4v) is 4.89. The van der Waals surface area contributed by atoms with Gasteiger partial charge in [-0.15, -0.1) is 0 Å². The summed E-state index contributed by atoms with van der Waals surface area (Å²) in [6.45, 7) is 1.32. The summed E-state index contributed by atoms with van der Waals surface area (Å²) in [4.78, 5) is 4.62. The van der Waals surface area contributed by atoms with E-state index in [9.17, 15) is 8.42 Å². The zero-order valence-electron chi connectivity index (χ0n) is 16.0. The standard InChI is InChI=1S/C20H26N4O3S/c1-27-18-11-9-17(10-12-18)23-20(21)22-15-16-7-3-4-8-19(16)28(25,26)24-13-5-2-6-14-24/h3-4,7-12H,2,5-6,13-15H2,1H3,(H3,21,22,23). The van der Waals surface area contributed by atoms with Crippen LogP contribution in [0.15, 0.2) is 58.4 Å². The first kappa shape index (κ1) is 20.2. The molecule has 0 aliphatic carbocycles. The number of rotatable bonds is 6. The number of nitrogens with zero attached hydrogens (tertiary/aromatic N) is 2. The number of methoxy groups -OCH3 is 1. The Balaban J connectivity index is 1.74. The maximum atomic E-state index is 13.0. The molecule has 1 heterocycles. The summed E-state index contributed by atoms with van der Waals surface area (Å²) in [5.74, 6) is 0.966. The maximum Gasteiger partial charge on any atom is 0.243 e. The number of anilines is 1. The minimum absolute atomic E-state index is 0.179. The highest BCUT2D eigenvalue weighted by Crippen LogP contribution is 2.24. The van der Waals surface area contributed by atoms with Gasteiger partial charge in [0.2, 0.25) is 10.0 Å². The highest BCUT2D eigenvalue weighted by atomic mass is 32.2. The number of sulfonamides is 1. The van der Waals surface area contributed by atoms with E-state index >= 15 is 0 Å². The van der Waals surface area contributed by atoms with Gasteiger partial charge < -0.3 is 15.8 Å². The summed E-state index contributed by atoms with van der Waals surface area (Å²) in [5.41, 5.74) is 7.38. The van der Waals surface area contributed by atoms with Crippen molar-refractivity contribution in [3.63, 3.8) is 0 Å². The molecule has 0 bridgehead atoms. The van der Waals surface area contributed by atoms with E-state index in [1.54, 1.807) is 29.6 Å². The van der Waals surface area contributed by atoms with Crippen LogP contribution in [0.2, 0.25) is 0 Å². The molecule has 28 heavy (non-hydrogen) atoms. The SMILES string of the molecule is COc1ccc(NC(N)=NCc2ccccc2S(=O)(=O)N2CCCCC2)cc1. The van der Waals surface area contributed by atoms with Gasteiger partial charge in [-0.25, -0.2) is 13.4 Å². The molecule has 1 fully saturated rings. The zero-order valence-corrected chi connectivity index (χ0v) is 16.8. The fourth-order valence-electron chi connectivity index (χ4n) is 3.16. The van der Waals surface area contributed by atoms with Crippen molar-refractivity contribution in [2.24, 2.45) is 10.7 Å². The predicted molar refractivity (Wildman–Crippen MR) is 111 cm³/mol. The highest BCUT2D eigenvalue weighted by Gasteiger charge is 2.27. The summed E-state index contributed by atoms with van der Waals surface area (Å²) >= 11 is 0. The second-order valence-electron chi connectivity index (χ2n) is 6.63. The Labute approximate surface area is 166 Å². The topological polar surface area (TPSA) is 97.0 Å². The molecule has 150 valence electrons. The Hall–Kier alpha value is -2.58. The van der Waals surface area contributed by atoms with Crippen LogP contribution in [0.25, 0.3) is 0 Å². The van der Waals surface area contributed by atoms with Crippen molar-refractivity contribution in [1.82, 2.24) is 4.31 Å². The average molecular weight is 403 g/mol. The minimum atomic E-state index is -3.52. The van der Waals surface area contributed by atoms with E-state index in [1.165, 1.54) is 0 Å². The van der Waals surface area contributed by atoms with Crippen molar-refractivity contribution < 1.29 is 13.2 Å². The molecular formula is C20H26N4O3S. The van der Waals surface area contributed by atoms with Gasteiger partial charge in [-0.05, 0) is 48.7 Å². The molecule has 1 saturated heterocycles. The van der Waals surface area contributed by atoms with Crippen molar-refractivity contribution >= 4 is 21.7 Å². The second-order valence-corrected chi connectivity index (χ2v) is 8.53. The van der Waals surface area contributed by atoms with Crippen LogP contribution < -0.4 is 15.8 Å². The van der Waals surface area contributed by atoms with Crippen LogP contribution >= 0.6 is 0 Å². The number of nitrogens with two attached hydrogens (primary N) is 1. The number of guanidine groups is 1. The lowest BCUT2D eigenvalue weighted by Crippen LogP contribution is -2.36. The third-order valence-corrected chi connectivity index (χ3v) is 6.69. The summed E-state index contributed by atoms with van der Waals surface area (Å²) in [6, 6.07) is 14.3. The first-order valence-electron chi connectivity index (χ1n) is 9.30. The number of piperidine rings is 1. The van der Waals surface area contributed by atoms with Crippen molar-refractivity contribution in [3.8, 4) is 5.75 Å². The summed E-state index contributed by atoms with van der Waals surface area (Å²) in [5, 5.41) is 3.00. The first-order valence-corrected chi connectivity index (χ1v) is 10.7. The zero-order chi connectivity index (χ0) is 20.0. The average Bonchev–Trinajstić information content (AvgIpc) is 2.73. The number of aliphatic imine (C=N–C) groups is 1. The van der Waals surface area contributed by atoms with E-state index in [0.29, 0.717) is 23.5 Å². The van der Waals surface area contributed by atoms with Gasteiger partial charge >= 0.3 is 0 Å². The van der Waals surface area contributed by atoms with Crippen LogP contribution in [-0.2, 0) is 16.6 Å². The predicted octanol–water partition coefficient (Wildman–Crippen LogP) is 2.80.